The molecule has 0 fully saturated rings. The number of nitrogens with zero attached hydrogens (tertiary/aromatic N) is 2. The third-order valence-electron chi connectivity index (χ3n) is 4.47. The second kappa shape index (κ2) is 9.10. The van der Waals surface area contributed by atoms with Gasteiger partial charge in [0.05, 0.1) is 22.3 Å². The number of carbonyl (C=O) groups excluding carboxylic acids is 2. The van der Waals surface area contributed by atoms with Crippen LogP contribution in [0, 0.1) is 0 Å². The highest BCUT2D eigenvalue weighted by Crippen LogP contribution is 2.24. The minimum atomic E-state index is -0.430. The SMILES string of the molecule is O=C(NC(=S)NNC(=O)c1cc(-c2ccccc2)nc2ccccc12)c1cccnc1. The summed E-state index contributed by atoms with van der Waals surface area (Å²) >= 11 is 5.11. The number of nitrogens with one attached hydrogen (secondary N) is 3. The molecule has 4 rings (SSSR count). The second-order valence-corrected chi connectivity index (χ2v) is 6.95. The molecule has 3 N–H and O–H groups in total. The van der Waals surface area contributed by atoms with E-state index in [0.717, 1.165) is 5.56 Å². The van der Waals surface area contributed by atoms with Crippen molar-refractivity contribution >= 4 is 40.0 Å². The lowest BCUT2D eigenvalue weighted by Crippen LogP contribution is -2.48. The molecule has 0 unspecified atom stereocenters. The lowest BCUT2D eigenvalue weighted by Gasteiger charge is -2.13. The van der Waals surface area contributed by atoms with Crippen molar-refractivity contribution in [3.05, 3.63) is 96.3 Å². The van der Waals surface area contributed by atoms with Gasteiger partial charge in [-0.1, -0.05) is 48.5 Å². The van der Waals surface area contributed by atoms with E-state index < -0.39 is 11.8 Å². The number of benzene rings is 2. The summed E-state index contributed by atoms with van der Waals surface area (Å²) in [6, 6.07) is 22.0. The van der Waals surface area contributed by atoms with Gasteiger partial charge in [0.15, 0.2) is 5.11 Å². The predicted octanol–water partition coefficient (Wildman–Crippen LogP) is 3.25. The van der Waals surface area contributed by atoms with Crippen LogP contribution in [0.4, 0.5) is 0 Å². The lowest BCUT2D eigenvalue weighted by molar-refractivity contribution is 0.0936. The molecule has 0 aliphatic rings. The van der Waals surface area contributed by atoms with Crippen LogP contribution >= 0.6 is 12.2 Å². The Balaban J connectivity index is 1.52. The van der Waals surface area contributed by atoms with Crippen molar-refractivity contribution in [2.75, 3.05) is 0 Å². The Morgan fingerprint density at radius 3 is 2.39 bits per heavy atom. The molecule has 4 aromatic rings. The second-order valence-electron chi connectivity index (χ2n) is 6.54. The Morgan fingerprint density at radius 2 is 1.61 bits per heavy atom. The van der Waals surface area contributed by atoms with Gasteiger partial charge in [0.25, 0.3) is 11.8 Å². The fourth-order valence-electron chi connectivity index (χ4n) is 3.00. The number of aromatic nitrogens is 2. The number of amides is 2. The summed E-state index contributed by atoms with van der Waals surface area (Å²) in [7, 11) is 0. The average Bonchev–Trinajstić information content (AvgIpc) is 2.83. The highest BCUT2D eigenvalue weighted by Gasteiger charge is 2.15. The molecule has 0 aliphatic heterocycles. The van der Waals surface area contributed by atoms with E-state index in [-0.39, 0.29) is 5.11 Å². The van der Waals surface area contributed by atoms with Crippen molar-refractivity contribution < 1.29 is 9.59 Å². The van der Waals surface area contributed by atoms with Gasteiger partial charge in [-0.2, -0.15) is 0 Å². The largest absolute Gasteiger partial charge is 0.298 e. The van der Waals surface area contributed by atoms with E-state index in [1.807, 2.05) is 54.6 Å². The van der Waals surface area contributed by atoms with Gasteiger partial charge in [-0.25, -0.2) is 4.98 Å². The van der Waals surface area contributed by atoms with E-state index in [0.29, 0.717) is 27.7 Å². The summed E-state index contributed by atoms with van der Waals surface area (Å²) in [6.07, 6.45) is 2.99. The molecule has 2 amide bonds. The minimum absolute atomic E-state index is 0.0381. The first kappa shape index (κ1) is 20.1. The third-order valence-corrected chi connectivity index (χ3v) is 4.67. The predicted molar refractivity (Wildman–Crippen MR) is 122 cm³/mol. The van der Waals surface area contributed by atoms with E-state index >= 15 is 0 Å². The van der Waals surface area contributed by atoms with Gasteiger partial charge in [0.1, 0.15) is 0 Å². The van der Waals surface area contributed by atoms with Crippen LogP contribution in [0.5, 0.6) is 0 Å². The molecule has 0 saturated carbocycles. The first-order valence-corrected chi connectivity index (χ1v) is 9.79. The zero-order valence-corrected chi connectivity index (χ0v) is 17.0. The number of rotatable bonds is 3. The van der Waals surface area contributed by atoms with Gasteiger partial charge >= 0.3 is 0 Å². The van der Waals surface area contributed by atoms with Gasteiger partial charge < -0.3 is 0 Å². The first-order valence-electron chi connectivity index (χ1n) is 9.39. The summed E-state index contributed by atoms with van der Waals surface area (Å²) in [6.45, 7) is 0. The fourth-order valence-corrected chi connectivity index (χ4v) is 3.15. The highest BCUT2D eigenvalue weighted by atomic mass is 32.1. The monoisotopic (exact) mass is 427 g/mol. The summed E-state index contributed by atoms with van der Waals surface area (Å²) in [4.78, 5) is 33.6. The number of hydrazine groups is 1. The highest BCUT2D eigenvalue weighted by molar-refractivity contribution is 7.80. The van der Waals surface area contributed by atoms with Gasteiger partial charge in [-0.3, -0.25) is 30.7 Å². The molecular weight excluding hydrogens is 410 g/mol. The molecule has 0 saturated heterocycles. The molecule has 0 bridgehead atoms. The maximum atomic E-state index is 12.9. The third kappa shape index (κ3) is 4.71. The van der Waals surface area contributed by atoms with Crippen LogP contribution < -0.4 is 16.2 Å². The molecule has 0 atom stereocenters. The molecule has 31 heavy (non-hydrogen) atoms. The van der Waals surface area contributed by atoms with Crippen molar-refractivity contribution in [1.29, 1.82) is 0 Å². The van der Waals surface area contributed by atoms with E-state index in [1.165, 1.54) is 6.20 Å². The molecule has 0 radical (unpaired) electrons. The number of carbonyl (C=O) groups is 2. The Kier molecular flexibility index (Phi) is 5.91. The fraction of sp³-hybridized carbons (Fsp3) is 0. The van der Waals surface area contributed by atoms with E-state index in [4.69, 9.17) is 12.2 Å². The Morgan fingerprint density at radius 1 is 0.839 bits per heavy atom. The molecule has 2 heterocycles. The normalized spacial score (nSPS) is 10.3. The zero-order chi connectivity index (χ0) is 21.6. The van der Waals surface area contributed by atoms with E-state index in [1.54, 1.807) is 24.4 Å². The van der Waals surface area contributed by atoms with Gasteiger partial charge in [-0.05, 0) is 36.5 Å². The van der Waals surface area contributed by atoms with Crippen LogP contribution in [-0.4, -0.2) is 26.9 Å². The number of thiocarbonyl (C=S) groups is 1. The van der Waals surface area contributed by atoms with Crippen LogP contribution in [-0.2, 0) is 0 Å². The number of pyridine rings is 2. The topological polar surface area (TPSA) is 96.0 Å². The number of hydrogen-bond donors (Lipinski definition) is 3. The summed E-state index contributed by atoms with van der Waals surface area (Å²) < 4.78 is 0. The van der Waals surface area contributed by atoms with Crippen molar-refractivity contribution in [2.24, 2.45) is 0 Å². The first-order chi connectivity index (χ1) is 15.1. The maximum absolute atomic E-state index is 12.9. The smallest absolute Gasteiger partial charge is 0.270 e. The van der Waals surface area contributed by atoms with Crippen molar-refractivity contribution in [2.45, 2.75) is 0 Å². The average molecular weight is 427 g/mol. The lowest BCUT2D eigenvalue weighted by atomic mass is 10.0. The summed E-state index contributed by atoms with van der Waals surface area (Å²) in [5.74, 6) is -0.839. The Hall–Kier alpha value is -4.17. The summed E-state index contributed by atoms with van der Waals surface area (Å²) in [5.41, 5.74) is 8.16. The molecule has 8 heteroatoms. The van der Waals surface area contributed by atoms with Crippen molar-refractivity contribution in [1.82, 2.24) is 26.1 Å². The van der Waals surface area contributed by atoms with Crippen molar-refractivity contribution in [3.63, 3.8) is 0 Å². The molecular formula is C23H17N5O2S. The van der Waals surface area contributed by atoms with Gasteiger partial charge in [0.2, 0.25) is 0 Å². The minimum Gasteiger partial charge on any atom is -0.298 e. The molecule has 0 spiro atoms. The zero-order valence-electron chi connectivity index (χ0n) is 16.2. The Labute approximate surface area is 183 Å². The van der Waals surface area contributed by atoms with Crippen LogP contribution in [0.15, 0.2) is 85.2 Å². The van der Waals surface area contributed by atoms with Crippen LogP contribution in [0.2, 0.25) is 0 Å². The number of fused-ring (bicyclic) bond motifs is 1. The van der Waals surface area contributed by atoms with Crippen molar-refractivity contribution in [3.8, 4) is 11.3 Å². The van der Waals surface area contributed by atoms with Gasteiger partial charge in [-0.15, -0.1) is 0 Å². The molecule has 7 nitrogen and oxygen atoms in total. The van der Waals surface area contributed by atoms with Gasteiger partial charge in [0, 0.05) is 23.3 Å². The quantitative estimate of drug-likeness (QED) is 0.343. The summed E-state index contributed by atoms with van der Waals surface area (Å²) in [5, 5.41) is 3.15. The van der Waals surface area contributed by atoms with Crippen LogP contribution in [0.3, 0.4) is 0 Å². The number of para-hydroxylation sites is 1. The van der Waals surface area contributed by atoms with Crippen LogP contribution in [0.1, 0.15) is 20.7 Å². The van der Waals surface area contributed by atoms with E-state index in [2.05, 4.69) is 26.1 Å². The number of hydrogen-bond acceptors (Lipinski definition) is 5. The molecule has 152 valence electrons. The standard InChI is InChI=1S/C23H17N5O2S/c29-21(16-9-6-12-24-14-16)26-23(31)28-27-22(30)18-13-20(15-7-2-1-3-8-15)25-19-11-5-4-10-17(18)19/h1-14H,(H,27,30)(H2,26,28,29,31). The van der Waals surface area contributed by atoms with E-state index in [9.17, 15) is 9.59 Å². The molecule has 0 aliphatic carbocycles. The molecule has 2 aromatic heterocycles. The Bertz CT molecular complexity index is 1260. The van der Waals surface area contributed by atoms with Crippen LogP contribution in [0.25, 0.3) is 22.2 Å². The maximum Gasteiger partial charge on any atom is 0.270 e. The molecule has 2 aromatic carbocycles.